The van der Waals surface area contributed by atoms with Gasteiger partial charge in [0.15, 0.2) is 5.65 Å². The molecule has 7 heteroatoms. The summed E-state index contributed by atoms with van der Waals surface area (Å²) in [5.41, 5.74) is 2.92. The fourth-order valence-corrected chi connectivity index (χ4v) is 2.08. The summed E-state index contributed by atoms with van der Waals surface area (Å²) < 4.78 is 6.78. The molecule has 3 aromatic rings. The lowest BCUT2D eigenvalue weighted by molar-refractivity contribution is 0.564. The van der Waals surface area contributed by atoms with Gasteiger partial charge in [-0.2, -0.15) is 27.2 Å². The van der Waals surface area contributed by atoms with Gasteiger partial charge >= 0.3 is 0 Å². The second-order valence-corrected chi connectivity index (χ2v) is 4.40. The monoisotopic (exact) mass is 275 g/mol. The molecule has 0 radical (unpaired) electrons. The standard InChI is InChI=1S/C12H13N5OS/c1-13-12-16-10(7-19)15-11-9(5-14-17(11)12)4-8-2-3-18-6-8/h2-3,5-6,19H,4,7H2,1H3,(H,13,15,16). The number of thiol groups is 1. The van der Waals surface area contributed by atoms with Gasteiger partial charge in [-0.3, -0.25) is 0 Å². The van der Waals surface area contributed by atoms with E-state index in [1.807, 2.05) is 13.1 Å². The smallest absolute Gasteiger partial charge is 0.227 e. The van der Waals surface area contributed by atoms with E-state index < -0.39 is 0 Å². The Kier molecular flexibility index (Phi) is 3.12. The predicted molar refractivity (Wildman–Crippen MR) is 74.5 cm³/mol. The van der Waals surface area contributed by atoms with Gasteiger partial charge < -0.3 is 9.73 Å². The minimum absolute atomic E-state index is 0.488. The zero-order valence-corrected chi connectivity index (χ0v) is 11.3. The lowest BCUT2D eigenvalue weighted by Gasteiger charge is -2.05. The summed E-state index contributed by atoms with van der Waals surface area (Å²) in [5, 5.41) is 7.33. The van der Waals surface area contributed by atoms with Gasteiger partial charge in [-0.05, 0) is 11.6 Å². The molecule has 0 fully saturated rings. The molecule has 0 saturated heterocycles. The maximum absolute atomic E-state index is 5.08. The van der Waals surface area contributed by atoms with Crippen LogP contribution < -0.4 is 5.32 Å². The fraction of sp³-hybridized carbons (Fsp3) is 0.250. The van der Waals surface area contributed by atoms with Crippen molar-refractivity contribution in [2.75, 3.05) is 12.4 Å². The molecule has 0 saturated carbocycles. The predicted octanol–water partition coefficient (Wildman–Crippen LogP) is 1.78. The van der Waals surface area contributed by atoms with Crippen LogP contribution in [0.25, 0.3) is 5.65 Å². The van der Waals surface area contributed by atoms with Gasteiger partial charge in [-0.15, -0.1) is 0 Å². The third kappa shape index (κ3) is 2.17. The maximum Gasteiger partial charge on any atom is 0.227 e. The highest BCUT2D eigenvalue weighted by Gasteiger charge is 2.12. The van der Waals surface area contributed by atoms with E-state index in [0.29, 0.717) is 17.5 Å². The molecule has 1 N–H and O–H groups in total. The van der Waals surface area contributed by atoms with E-state index >= 15 is 0 Å². The van der Waals surface area contributed by atoms with Gasteiger partial charge in [0.05, 0.1) is 24.5 Å². The molecule has 0 aromatic carbocycles. The number of rotatable bonds is 4. The lowest BCUT2D eigenvalue weighted by Crippen LogP contribution is -2.07. The van der Waals surface area contributed by atoms with Crippen molar-refractivity contribution < 1.29 is 4.42 Å². The van der Waals surface area contributed by atoms with Crippen LogP contribution in [0.5, 0.6) is 0 Å². The zero-order valence-electron chi connectivity index (χ0n) is 10.4. The summed E-state index contributed by atoms with van der Waals surface area (Å²) in [6.45, 7) is 0. The molecule has 3 heterocycles. The van der Waals surface area contributed by atoms with E-state index in [9.17, 15) is 0 Å². The summed E-state index contributed by atoms with van der Waals surface area (Å²) in [4.78, 5) is 8.82. The van der Waals surface area contributed by atoms with Crippen molar-refractivity contribution in [3.63, 3.8) is 0 Å². The summed E-state index contributed by atoms with van der Waals surface area (Å²) in [7, 11) is 1.81. The maximum atomic E-state index is 5.08. The van der Waals surface area contributed by atoms with Crippen LogP contribution >= 0.6 is 12.6 Å². The second-order valence-electron chi connectivity index (χ2n) is 4.09. The highest BCUT2D eigenvalue weighted by Crippen LogP contribution is 2.17. The Labute approximate surface area is 115 Å². The van der Waals surface area contributed by atoms with Crippen LogP contribution in [0, 0.1) is 0 Å². The van der Waals surface area contributed by atoms with Crippen LogP contribution in [-0.4, -0.2) is 26.6 Å². The van der Waals surface area contributed by atoms with Gasteiger partial charge in [-0.25, -0.2) is 4.98 Å². The minimum atomic E-state index is 0.488. The molecule has 3 rings (SSSR count). The molecular weight excluding hydrogens is 262 g/mol. The molecule has 0 amide bonds. The quantitative estimate of drug-likeness (QED) is 0.710. The Bertz CT molecular complexity index is 692. The highest BCUT2D eigenvalue weighted by molar-refractivity contribution is 7.79. The van der Waals surface area contributed by atoms with Crippen molar-refractivity contribution in [3.05, 3.63) is 41.7 Å². The zero-order chi connectivity index (χ0) is 13.2. The van der Waals surface area contributed by atoms with Crippen molar-refractivity contribution in [1.82, 2.24) is 19.6 Å². The van der Waals surface area contributed by atoms with Gasteiger partial charge in [0.2, 0.25) is 5.95 Å². The van der Waals surface area contributed by atoms with Crippen molar-refractivity contribution in [3.8, 4) is 0 Å². The first-order chi connectivity index (χ1) is 9.31. The van der Waals surface area contributed by atoms with Crippen molar-refractivity contribution >= 4 is 24.2 Å². The van der Waals surface area contributed by atoms with Crippen LogP contribution in [0.1, 0.15) is 17.0 Å². The van der Waals surface area contributed by atoms with Gasteiger partial charge in [0.1, 0.15) is 5.82 Å². The molecule has 19 heavy (non-hydrogen) atoms. The molecule has 0 aliphatic carbocycles. The number of nitrogens with zero attached hydrogens (tertiary/aromatic N) is 4. The number of hydrogen-bond donors (Lipinski definition) is 2. The molecule has 3 aromatic heterocycles. The van der Waals surface area contributed by atoms with Crippen LogP contribution in [0.15, 0.2) is 29.2 Å². The molecule has 0 atom stereocenters. The third-order valence-electron chi connectivity index (χ3n) is 2.83. The van der Waals surface area contributed by atoms with E-state index in [1.54, 1.807) is 23.2 Å². The molecule has 0 unspecified atom stereocenters. The number of furan rings is 1. The number of anilines is 1. The normalized spacial score (nSPS) is 11.1. The second kappa shape index (κ2) is 4.93. The molecule has 0 aliphatic rings. The van der Waals surface area contributed by atoms with Crippen molar-refractivity contribution in [2.45, 2.75) is 12.2 Å². The van der Waals surface area contributed by atoms with Gasteiger partial charge in [0, 0.05) is 19.0 Å². The molecular formula is C12H13N5OS. The first-order valence-corrected chi connectivity index (χ1v) is 6.48. The van der Waals surface area contributed by atoms with Crippen molar-refractivity contribution in [2.24, 2.45) is 0 Å². The Morgan fingerprint density at radius 3 is 3.00 bits per heavy atom. The average molecular weight is 275 g/mol. The van der Waals surface area contributed by atoms with Gasteiger partial charge in [-0.1, -0.05) is 0 Å². The topological polar surface area (TPSA) is 68.2 Å². The van der Waals surface area contributed by atoms with Crippen LogP contribution in [0.3, 0.4) is 0 Å². The van der Waals surface area contributed by atoms with E-state index in [2.05, 4.69) is 33.0 Å². The Balaban J connectivity index is 2.10. The minimum Gasteiger partial charge on any atom is -0.472 e. The first-order valence-electron chi connectivity index (χ1n) is 5.85. The van der Waals surface area contributed by atoms with Crippen molar-refractivity contribution in [1.29, 1.82) is 0 Å². The Morgan fingerprint density at radius 1 is 1.42 bits per heavy atom. The number of hydrogen-bond acceptors (Lipinski definition) is 6. The molecule has 0 bridgehead atoms. The summed E-state index contributed by atoms with van der Waals surface area (Å²) in [5.74, 6) is 1.82. The SMILES string of the molecule is CNc1nc(CS)nc2c(Cc3ccoc3)cnn12. The molecule has 6 nitrogen and oxygen atoms in total. The Hall–Kier alpha value is -2.02. The highest BCUT2D eigenvalue weighted by atomic mass is 32.1. The molecule has 0 aliphatic heterocycles. The number of aromatic nitrogens is 4. The van der Waals surface area contributed by atoms with E-state index in [1.165, 1.54) is 0 Å². The van der Waals surface area contributed by atoms with E-state index in [-0.39, 0.29) is 0 Å². The summed E-state index contributed by atoms with van der Waals surface area (Å²) >= 11 is 4.23. The van der Waals surface area contributed by atoms with E-state index in [0.717, 1.165) is 23.2 Å². The number of nitrogens with one attached hydrogen (secondary N) is 1. The average Bonchev–Trinajstić information content (AvgIpc) is 3.08. The first kappa shape index (κ1) is 12.0. The van der Waals surface area contributed by atoms with Gasteiger partial charge in [0.25, 0.3) is 0 Å². The fourth-order valence-electron chi connectivity index (χ4n) is 1.94. The number of fused-ring (bicyclic) bond motifs is 1. The molecule has 0 spiro atoms. The van der Waals surface area contributed by atoms with E-state index in [4.69, 9.17) is 4.42 Å². The molecule has 98 valence electrons. The summed E-state index contributed by atoms with van der Waals surface area (Å²) in [6, 6.07) is 1.93. The summed E-state index contributed by atoms with van der Waals surface area (Å²) in [6.07, 6.45) is 5.92. The lowest BCUT2D eigenvalue weighted by atomic mass is 10.1. The Morgan fingerprint density at radius 2 is 2.32 bits per heavy atom. The van der Waals surface area contributed by atoms with Crippen LogP contribution in [-0.2, 0) is 12.2 Å². The third-order valence-corrected chi connectivity index (χ3v) is 3.11. The van der Waals surface area contributed by atoms with Crippen LogP contribution in [0.2, 0.25) is 0 Å². The van der Waals surface area contributed by atoms with Crippen LogP contribution in [0.4, 0.5) is 5.95 Å². The largest absolute Gasteiger partial charge is 0.472 e.